The van der Waals surface area contributed by atoms with Crippen molar-refractivity contribution >= 4 is 22.9 Å². The predicted octanol–water partition coefficient (Wildman–Crippen LogP) is 3.59. The summed E-state index contributed by atoms with van der Waals surface area (Å²) in [7, 11) is 0. The van der Waals surface area contributed by atoms with Crippen molar-refractivity contribution < 1.29 is 4.74 Å². The Morgan fingerprint density at radius 3 is 3.21 bits per heavy atom. The Bertz CT molecular complexity index is 425. The van der Waals surface area contributed by atoms with Crippen LogP contribution in [0.4, 0.5) is 0 Å². The number of fused-ring (bicyclic) bond motifs is 1. The first-order chi connectivity index (χ1) is 9.33. The lowest BCUT2D eigenvalue weighted by Gasteiger charge is -2.41. The maximum absolute atomic E-state index is 5.91. The van der Waals surface area contributed by atoms with Gasteiger partial charge in [0.1, 0.15) is 5.01 Å². The fourth-order valence-electron chi connectivity index (χ4n) is 3.43. The molecular formula is C14H21ClN2OS. The van der Waals surface area contributed by atoms with Crippen molar-refractivity contribution in [1.82, 2.24) is 9.88 Å². The number of rotatable bonds is 4. The van der Waals surface area contributed by atoms with Crippen molar-refractivity contribution in [2.45, 2.75) is 56.7 Å². The molecule has 3 nitrogen and oxygen atoms in total. The SMILES string of the molecule is CCC(c1nc(CCl)cs1)N1CCOC2CCCC21. The van der Waals surface area contributed by atoms with E-state index in [0.29, 0.717) is 24.1 Å². The molecule has 2 heterocycles. The van der Waals surface area contributed by atoms with Gasteiger partial charge in [-0.3, -0.25) is 4.90 Å². The molecule has 0 amide bonds. The number of morpholine rings is 1. The van der Waals surface area contributed by atoms with Crippen LogP contribution in [0.2, 0.25) is 0 Å². The minimum absolute atomic E-state index is 0.441. The Kier molecular flexibility index (Phi) is 4.42. The molecule has 1 aromatic heterocycles. The Morgan fingerprint density at radius 1 is 1.58 bits per heavy atom. The maximum atomic E-state index is 5.91. The summed E-state index contributed by atoms with van der Waals surface area (Å²) in [5, 5.41) is 3.32. The summed E-state index contributed by atoms with van der Waals surface area (Å²) in [6, 6.07) is 1.04. The van der Waals surface area contributed by atoms with Crippen LogP contribution in [0, 0.1) is 0 Å². The second kappa shape index (κ2) is 6.08. The van der Waals surface area contributed by atoms with Gasteiger partial charge in [0.05, 0.1) is 30.3 Å². The van der Waals surface area contributed by atoms with Crippen molar-refractivity contribution in [3.05, 3.63) is 16.1 Å². The highest BCUT2D eigenvalue weighted by molar-refractivity contribution is 7.09. The standard InChI is InChI=1S/C14H21ClN2OS/c1-2-11(14-16-10(8-15)9-19-14)17-6-7-18-13-5-3-4-12(13)17/h9,11-13H,2-8H2,1H3. The van der Waals surface area contributed by atoms with Gasteiger partial charge in [-0.15, -0.1) is 22.9 Å². The van der Waals surface area contributed by atoms with Crippen LogP contribution in [0.3, 0.4) is 0 Å². The number of hydrogen-bond acceptors (Lipinski definition) is 4. The van der Waals surface area contributed by atoms with Crippen molar-refractivity contribution in [2.24, 2.45) is 0 Å². The Balaban J connectivity index is 1.80. The molecule has 19 heavy (non-hydrogen) atoms. The van der Waals surface area contributed by atoms with Gasteiger partial charge in [0.2, 0.25) is 0 Å². The van der Waals surface area contributed by atoms with Crippen LogP contribution >= 0.6 is 22.9 Å². The Labute approximate surface area is 123 Å². The van der Waals surface area contributed by atoms with E-state index in [1.165, 1.54) is 24.3 Å². The first-order valence-electron chi connectivity index (χ1n) is 7.21. The van der Waals surface area contributed by atoms with Gasteiger partial charge in [-0.05, 0) is 25.7 Å². The van der Waals surface area contributed by atoms with E-state index in [-0.39, 0.29) is 0 Å². The second-order valence-corrected chi connectivity index (χ2v) is 6.54. The molecule has 1 saturated heterocycles. The predicted molar refractivity (Wildman–Crippen MR) is 78.8 cm³/mol. The summed E-state index contributed by atoms with van der Waals surface area (Å²) >= 11 is 7.63. The van der Waals surface area contributed by atoms with Gasteiger partial charge in [0.15, 0.2) is 0 Å². The van der Waals surface area contributed by atoms with Crippen molar-refractivity contribution in [1.29, 1.82) is 0 Å². The topological polar surface area (TPSA) is 25.4 Å². The van der Waals surface area contributed by atoms with Gasteiger partial charge in [-0.2, -0.15) is 0 Å². The van der Waals surface area contributed by atoms with Crippen molar-refractivity contribution in [2.75, 3.05) is 13.2 Å². The highest BCUT2D eigenvalue weighted by atomic mass is 35.5. The van der Waals surface area contributed by atoms with Crippen LogP contribution in [0.15, 0.2) is 5.38 Å². The number of alkyl halides is 1. The highest BCUT2D eigenvalue weighted by Gasteiger charge is 2.39. The molecule has 0 aromatic carbocycles. The van der Waals surface area contributed by atoms with Crippen LogP contribution in [-0.2, 0) is 10.6 Å². The van der Waals surface area contributed by atoms with Crippen LogP contribution in [-0.4, -0.2) is 35.2 Å². The fourth-order valence-corrected chi connectivity index (χ4v) is 4.68. The van der Waals surface area contributed by atoms with Crippen LogP contribution in [0.5, 0.6) is 0 Å². The average Bonchev–Trinajstić information content (AvgIpc) is 3.08. The number of aromatic nitrogens is 1. The monoisotopic (exact) mass is 300 g/mol. The third-order valence-electron chi connectivity index (χ3n) is 4.30. The second-order valence-electron chi connectivity index (χ2n) is 5.38. The Morgan fingerprint density at radius 2 is 2.47 bits per heavy atom. The van der Waals surface area contributed by atoms with E-state index in [2.05, 4.69) is 17.2 Å². The average molecular weight is 301 g/mol. The van der Waals surface area contributed by atoms with Crippen LogP contribution < -0.4 is 0 Å². The first kappa shape index (κ1) is 13.8. The molecule has 0 spiro atoms. The van der Waals surface area contributed by atoms with E-state index in [0.717, 1.165) is 25.3 Å². The molecule has 0 radical (unpaired) electrons. The van der Waals surface area contributed by atoms with E-state index in [1.807, 2.05) is 0 Å². The molecule has 1 aliphatic heterocycles. The summed E-state index contributed by atoms with van der Waals surface area (Å²) in [5.74, 6) is 0.516. The van der Waals surface area contributed by atoms with Crippen LogP contribution in [0.25, 0.3) is 0 Å². The number of ether oxygens (including phenoxy) is 1. The molecular weight excluding hydrogens is 280 g/mol. The molecule has 0 N–H and O–H groups in total. The molecule has 2 aliphatic rings. The minimum Gasteiger partial charge on any atom is -0.375 e. The molecule has 1 saturated carbocycles. The fraction of sp³-hybridized carbons (Fsp3) is 0.786. The zero-order chi connectivity index (χ0) is 13.2. The van der Waals surface area contributed by atoms with Crippen molar-refractivity contribution in [3.63, 3.8) is 0 Å². The zero-order valence-electron chi connectivity index (χ0n) is 11.3. The molecule has 5 heteroatoms. The smallest absolute Gasteiger partial charge is 0.110 e. The largest absolute Gasteiger partial charge is 0.375 e. The Hall–Kier alpha value is -0.160. The van der Waals surface area contributed by atoms with E-state index >= 15 is 0 Å². The van der Waals surface area contributed by atoms with E-state index < -0.39 is 0 Å². The third-order valence-corrected chi connectivity index (χ3v) is 5.57. The molecule has 3 atom stereocenters. The minimum atomic E-state index is 0.441. The first-order valence-corrected chi connectivity index (χ1v) is 8.62. The van der Waals surface area contributed by atoms with Gasteiger partial charge in [0, 0.05) is 18.0 Å². The van der Waals surface area contributed by atoms with Gasteiger partial charge in [-0.25, -0.2) is 4.98 Å². The van der Waals surface area contributed by atoms with Crippen LogP contribution in [0.1, 0.15) is 49.4 Å². The van der Waals surface area contributed by atoms with E-state index in [1.54, 1.807) is 11.3 Å². The van der Waals surface area contributed by atoms with E-state index in [4.69, 9.17) is 21.3 Å². The summed E-state index contributed by atoms with van der Waals surface area (Å²) in [5.41, 5.74) is 1.01. The summed E-state index contributed by atoms with van der Waals surface area (Å²) < 4.78 is 5.91. The molecule has 3 unspecified atom stereocenters. The molecule has 1 aromatic rings. The maximum Gasteiger partial charge on any atom is 0.110 e. The summed E-state index contributed by atoms with van der Waals surface area (Å²) in [4.78, 5) is 7.33. The lowest BCUT2D eigenvalue weighted by molar-refractivity contribution is -0.0730. The van der Waals surface area contributed by atoms with E-state index in [9.17, 15) is 0 Å². The molecule has 106 valence electrons. The van der Waals surface area contributed by atoms with Gasteiger partial charge < -0.3 is 4.74 Å². The quantitative estimate of drug-likeness (QED) is 0.795. The number of halogens is 1. The van der Waals surface area contributed by atoms with Gasteiger partial charge in [0.25, 0.3) is 0 Å². The lowest BCUT2D eigenvalue weighted by atomic mass is 10.1. The summed E-state index contributed by atoms with van der Waals surface area (Å²) in [6.07, 6.45) is 5.36. The molecule has 0 bridgehead atoms. The third kappa shape index (κ3) is 2.68. The number of nitrogens with zero attached hydrogens (tertiary/aromatic N) is 2. The molecule has 2 fully saturated rings. The number of thiazole rings is 1. The number of hydrogen-bond donors (Lipinski definition) is 0. The zero-order valence-corrected chi connectivity index (χ0v) is 12.9. The van der Waals surface area contributed by atoms with Crippen molar-refractivity contribution in [3.8, 4) is 0 Å². The molecule has 1 aliphatic carbocycles. The molecule has 3 rings (SSSR count). The van der Waals surface area contributed by atoms with Gasteiger partial charge in [-0.1, -0.05) is 6.92 Å². The normalized spacial score (nSPS) is 29.4. The summed E-state index contributed by atoms with van der Waals surface area (Å²) in [6.45, 7) is 4.16. The van der Waals surface area contributed by atoms with Gasteiger partial charge >= 0.3 is 0 Å². The lowest BCUT2D eigenvalue weighted by Crippen LogP contribution is -2.49. The highest BCUT2D eigenvalue weighted by Crippen LogP contribution is 2.37.